The molecule has 0 spiro atoms. The molecule has 10 nitrogen and oxygen atoms in total. The SMILES string of the molecule is CCCOc1ccc(C2/C(=C(\O)c3ccc4c(c3)OCCO4)C(=O)C(=O)N2CCCn2ccnc2)cc1OCC. The number of carbonyl (C=O) groups is 2. The highest BCUT2D eigenvalue weighted by molar-refractivity contribution is 6.46. The second kappa shape index (κ2) is 12.1. The largest absolute Gasteiger partial charge is 0.507 e. The lowest BCUT2D eigenvalue weighted by molar-refractivity contribution is -0.139. The highest BCUT2D eigenvalue weighted by atomic mass is 16.6. The maximum absolute atomic E-state index is 13.5. The molecule has 3 aromatic rings. The van der Waals surface area contributed by atoms with Crippen molar-refractivity contribution >= 4 is 17.4 Å². The predicted octanol–water partition coefficient (Wildman–Crippen LogP) is 4.35. The minimum atomic E-state index is -0.824. The van der Waals surface area contributed by atoms with Gasteiger partial charge in [0, 0.05) is 31.0 Å². The molecular weight excluding hydrogens is 514 g/mol. The van der Waals surface area contributed by atoms with E-state index in [0.29, 0.717) is 80.1 Å². The second-order valence-corrected chi connectivity index (χ2v) is 9.49. The van der Waals surface area contributed by atoms with Gasteiger partial charge in [-0.15, -0.1) is 0 Å². The first-order valence-corrected chi connectivity index (χ1v) is 13.6. The number of aromatic nitrogens is 2. The number of hydrogen-bond acceptors (Lipinski definition) is 8. The van der Waals surface area contributed by atoms with Gasteiger partial charge < -0.3 is 33.5 Å². The van der Waals surface area contributed by atoms with E-state index in [0.717, 1.165) is 6.42 Å². The minimum absolute atomic E-state index is 0.00832. The van der Waals surface area contributed by atoms with E-state index in [1.165, 1.54) is 4.90 Å². The zero-order chi connectivity index (χ0) is 28.1. The van der Waals surface area contributed by atoms with Crippen LogP contribution in [0.1, 0.15) is 43.9 Å². The standard InChI is InChI=1S/C30H33N3O7/c1-3-14-38-22-8-6-20(17-24(22)37-4-2)27-26(28(34)21-7-9-23-25(18-21)40-16-15-39-23)29(35)30(36)33(27)12-5-11-32-13-10-31-19-32/h6-10,13,17-19,27,34H,3-5,11-12,14-16H2,1-2H3/b28-26+. The third-order valence-electron chi connectivity index (χ3n) is 6.78. The Morgan fingerprint density at radius 1 is 1.02 bits per heavy atom. The van der Waals surface area contributed by atoms with E-state index >= 15 is 0 Å². The first-order valence-electron chi connectivity index (χ1n) is 13.6. The van der Waals surface area contributed by atoms with Crippen LogP contribution in [-0.4, -0.2) is 64.2 Å². The normalized spacial score (nSPS) is 17.8. The zero-order valence-corrected chi connectivity index (χ0v) is 22.7. The molecule has 0 aliphatic carbocycles. The Kier molecular flexibility index (Phi) is 8.23. The molecule has 5 rings (SSSR count). The smallest absolute Gasteiger partial charge is 0.295 e. The minimum Gasteiger partial charge on any atom is -0.507 e. The maximum Gasteiger partial charge on any atom is 0.295 e. The maximum atomic E-state index is 13.5. The molecule has 1 saturated heterocycles. The number of fused-ring (bicyclic) bond motifs is 1. The molecule has 1 atom stereocenters. The highest BCUT2D eigenvalue weighted by Gasteiger charge is 2.46. The first kappa shape index (κ1) is 27.1. The van der Waals surface area contributed by atoms with Crippen LogP contribution in [0.25, 0.3) is 5.76 Å². The lowest BCUT2D eigenvalue weighted by Crippen LogP contribution is -2.31. The van der Waals surface area contributed by atoms with Crippen LogP contribution in [0.3, 0.4) is 0 Å². The molecule has 210 valence electrons. The van der Waals surface area contributed by atoms with Gasteiger partial charge in [-0.05, 0) is 55.7 Å². The predicted molar refractivity (Wildman–Crippen MR) is 147 cm³/mol. The van der Waals surface area contributed by atoms with E-state index < -0.39 is 17.7 Å². The summed E-state index contributed by atoms with van der Waals surface area (Å²) >= 11 is 0. The van der Waals surface area contributed by atoms with Crippen molar-refractivity contribution in [1.29, 1.82) is 0 Å². The van der Waals surface area contributed by atoms with Crippen LogP contribution in [0.5, 0.6) is 23.0 Å². The molecule has 10 heteroatoms. The number of aryl methyl sites for hydroxylation is 1. The Labute approximate surface area is 232 Å². The van der Waals surface area contributed by atoms with E-state index in [4.69, 9.17) is 18.9 Å². The van der Waals surface area contributed by atoms with Crippen LogP contribution in [0.15, 0.2) is 60.7 Å². The van der Waals surface area contributed by atoms with E-state index in [2.05, 4.69) is 4.98 Å². The number of Topliss-reactive ketones (excluding diaryl/α,β-unsaturated/α-hetero) is 1. The van der Waals surface area contributed by atoms with E-state index in [1.807, 2.05) is 30.7 Å². The van der Waals surface area contributed by atoms with Crippen molar-refractivity contribution in [3.05, 3.63) is 71.8 Å². The molecule has 1 aromatic heterocycles. The Hall–Kier alpha value is -4.47. The third-order valence-corrected chi connectivity index (χ3v) is 6.78. The summed E-state index contributed by atoms with van der Waals surface area (Å²) in [6, 6.07) is 9.52. The molecular formula is C30H33N3O7. The van der Waals surface area contributed by atoms with Gasteiger partial charge in [0.1, 0.15) is 19.0 Å². The average Bonchev–Trinajstić information content (AvgIpc) is 3.58. The van der Waals surface area contributed by atoms with Gasteiger partial charge in [-0.3, -0.25) is 9.59 Å². The van der Waals surface area contributed by atoms with Gasteiger partial charge in [0.25, 0.3) is 11.7 Å². The fraction of sp³-hybridized carbons (Fsp3) is 0.367. The lowest BCUT2D eigenvalue weighted by Gasteiger charge is -2.26. The van der Waals surface area contributed by atoms with Crippen molar-refractivity contribution in [1.82, 2.24) is 14.5 Å². The van der Waals surface area contributed by atoms with Crippen molar-refractivity contribution in [2.75, 3.05) is 33.0 Å². The van der Waals surface area contributed by atoms with Crippen LogP contribution in [-0.2, 0) is 16.1 Å². The molecule has 1 amide bonds. The van der Waals surface area contributed by atoms with Gasteiger partial charge in [0.2, 0.25) is 0 Å². The Morgan fingerprint density at radius 3 is 2.60 bits per heavy atom. The molecule has 1 unspecified atom stereocenters. The van der Waals surface area contributed by atoms with Gasteiger partial charge in [-0.1, -0.05) is 13.0 Å². The molecule has 3 heterocycles. The van der Waals surface area contributed by atoms with Crippen molar-refractivity contribution in [3.8, 4) is 23.0 Å². The van der Waals surface area contributed by atoms with Gasteiger partial charge in [0.15, 0.2) is 23.0 Å². The number of aliphatic hydroxyl groups is 1. The third kappa shape index (κ3) is 5.47. The summed E-state index contributed by atoms with van der Waals surface area (Å²) in [6.07, 6.45) is 6.66. The molecule has 0 bridgehead atoms. The van der Waals surface area contributed by atoms with E-state index in [-0.39, 0.29) is 11.3 Å². The van der Waals surface area contributed by atoms with Gasteiger partial charge >= 0.3 is 0 Å². The Balaban J connectivity index is 1.56. The molecule has 0 saturated carbocycles. The topological polar surface area (TPSA) is 112 Å². The number of imidazole rings is 1. The number of likely N-dealkylation sites (tertiary alicyclic amines) is 1. The van der Waals surface area contributed by atoms with Crippen LogP contribution in [0.2, 0.25) is 0 Å². The van der Waals surface area contributed by atoms with Crippen molar-refractivity contribution < 1.29 is 33.6 Å². The van der Waals surface area contributed by atoms with Crippen molar-refractivity contribution in [3.63, 3.8) is 0 Å². The summed E-state index contributed by atoms with van der Waals surface area (Å²) in [5.74, 6) is 0.430. The zero-order valence-electron chi connectivity index (χ0n) is 22.7. The summed E-state index contributed by atoms with van der Waals surface area (Å²) in [7, 11) is 0. The van der Waals surface area contributed by atoms with Crippen LogP contribution >= 0.6 is 0 Å². The molecule has 2 aliphatic heterocycles. The Bertz CT molecular complexity index is 1400. The average molecular weight is 548 g/mol. The summed E-state index contributed by atoms with van der Waals surface area (Å²) in [6.45, 7) is 6.55. The lowest BCUT2D eigenvalue weighted by atomic mass is 9.94. The summed E-state index contributed by atoms with van der Waals surface area (Å²) in [5.41, 5.74) is 1.00. The number of ketones is 1. The second-order valence-electron chi connectivity index (χ2n) is 9.49. The number of benzene rings is 2. The quantitative estimate of drug-likeness (QED) is 0.214. The molecule has 1 fully saturated rings. The molecule has 2 aromatic carbocycles. The van der Waals surface area contributed by atoms with Gasteiger partial charge in [-0.25, -0.2) is 4.98 Å². The summed E-state index contributed by atoms with van der Waals surface area (Å²) in [5, 5.41) is 11.5. The summed E-state index contributed by atoms with van der Waals surface area (Å²) in [4.78, 5) is 32.4. The number of aliphatic hydroxyl groups excluding tert-OH is 1. The summed E-state index contributed by atoms with van der Waals surface area (Å²) < 4.78 is 24.9. The van der Waals surface area contributed by atoms with E-state index in [9.17, 15) is 14.7 Å². The van der Waals surface area contributed by atoms with Crippen molar-refractivity contribution in [2.24, 2.45) is 0 Å². The fourth-order valence-corrected chi connectivity index (χ4v) is 4.94. The monoisotopic (exact) mass is 547 g/mol. The van der Waals surface area contributed by atoms with Crippen LogP contribution < -0.4 is 18.9 Å². The van der Waals surface area contributed by atoms with Gasteiger partial charge in [-0.2, -0.15) is 0 Å². The van der Waals surface area contributed by atoms with Crippen LogP contribution in [0, 0.1) is 0 Å². The number of hydrogen-bond donors (Lipinski definition) is 1. The molecule has 40 heavy (non-hydrogen) atoms. The number of nitrogens with zero attached hydrogens (tertiary/aromatic N) is 3. The number of amides is 1. The van der Waals surface area contributed by atoms with Crippen LogP contribution in [0.4, 0.5) is 0 Å². The molecule has 0 radical (unpaired) electrons. The molecule has 2 aliphatic rings. The Morgan fingerprint density at radius 2 is 1.85 bits per heavy atom. The van der Waals surface area contributed by atoms with Crippen molar-refractivity contribution in [2.45, 2.75) is 39.3 Å². The molecule has 1 N–H and O–H groups in total. The highest BCUT2D eigenvalue weighted by Crippen LogP contribution is 2.43. The first-order chi connectivity index (χ1) is 19.5. The van der Waals surface area contributed by atoms with Gasteiger partial charge in [0.05, 0.1) is 31.2 Å². The van der Waals surface area contributed by atoms with E-state index in [1.54, 1.807) is 42.9 Å². The fourth-order valence-electron chi connectivity index (χ4n) is 4.94. The number of carbonyl (C=O) groups excluding carboxylic acids is 2. The number of rotatable bonds is 11. The number of ether oxygens (including phenoxy) is 4.